The van der Waals surface area contributed by atoms with Crippen LogP contribution in [-0.2, 0) is 24.6 Å². The summed E-state index contributed by atoms with van der Waals surface area (Å²) in [4.78, 5) is 11.7. The Morgan fingerprint density at radius 1 is 1.23 bits per heavy atom. The molecule has 0 amide bonds. The van der Waals surface area contributed by atoms with Crippen molar-refractivity contribution in [2.45, 2.75) is 19.5 Å². The van der Waals surface area contributed by atoms with Crippen molar-refractivity contribution in [2.24, 2.45) is 0 Å². The zero-order valence-electron chi connectivity index (χ0n) is 11.7. The molecule has 120 valence electrons. The molecule has 1 aromatic rings. The molecule has 0 saturated carbocycles. The summed E-state index contributed by atoms with van der Waals surface area (Å²) in [5.41, 5.74) is -1.18. The molecule has 4 nitrogen and oxygen atoms in total. The van der Waals surface area contributed by atoms with Gasteiger partial charge in [0.25, 0.3) is 0 Å². The molecule has 0 atom stereocenters. The highest BCUT2D eigenvalue weighted by Crippen LogP contribution is 2.58. The Bertz CT molecular complexity index is 642. The molecule has 0 bridgehead atoms. The van der Waals surface area contributed by atoms with E-state index in [4.69, 9.17) is 9.05 Å². The van der Waals surface area contributed by atoms with Crippen LogP contribution in [0.15, 0.2) is 29.6 Å². The Hall–Kier alpha value is -1.43. The predicted octanol–water partition coefficient (Wildman–Crippen LogP) is 4.27. The number of ketones is 1. The smallest absolute Gasteiger partial charge is 0.305 e. The maximum atomic E-state index is 13.0. The van der Waals surface area contributed by atoms with Crippen LogP contribution in [0.3, 0.4) is 0 Å². The molecular formula is C14H14F3O4P. The van der Waals surface area contributed by atoms with Gasteiger partial charge in [-0.25, -0.2) is 0 Å². The first-order valence-corrected chi connectivity index (χ1v) is 8.07. The van der Waals surface area contributed by atoms with Crippen LogP contribution in [0.1, 0.15) is 24.5 Å². The minimum atomic E-state index is -4.59. The fourth-order valence-corrected chi connectivity index (χ4v) is 3.78. The van der Waals surface area contributed by atoms with Crippen LogP contribution in [0.4, 0.5) is 13.2 Å². The highest BCUT2D eigenvalue weighted by molar-refractivity contribution is 7.60. The summed E-state index contributed by atoms with van der Waals surface area (Å²) >= 11 is 0. The maximum absolute atomic E-state index is 13.0. The lowest BCUT2D eigenvalue weighted by Gasteiger charge is -2.24. The molecule has 0 aliphatic carbocycles. The standard InChI is InChI=1S/C14H14F3O4P/c1-10(18)13(22(19)20-7-4-8-21-22)9-11-5-2-3-6-12(11)14(15,16)17/h2-3,5-6,9H,4,7-8H2,1H3. The van der Waals surface area contributed by atoms with Gasteiger partial charge in [-0.1, -0.05) is 18.2 Å². The number of hydrogen-bond donors (Lipinski definition) is 0. The molecule has 8 heteroatoms. The van der Waals surface area contributed by atoms with Gasteiger partial charge in [-0.2, -0.15) is 13.2 Å². The third kappa shape index (κ3) is 3.66. The Balaban J connectivity index is 2.53. The number of allylic oxidation sites excluding steroid dienone is 1. The summed E-state index contributed by atoms with van der Waals surface area (Å²) in [5, 5.41) is -0.371. The van der Waals surface area contributed by atoms with E-state index in [9.17, 15) is 22.5 Å². The van der Waals surface area contributed by atoms with E-state index in [1.165, 1.54) is 18.2 Å². The molecular weight excluding hydrogens is 320 g/mol. The summed E-state index contributed by atoms with van der Waals surface area (Å²) in [6.45, 7) is 1.37. The van der Waals surface area contributed by atoms with Gasteiger partial charge in [0, 0.05) is 0 Å². The summed E-state index contributed by atoms with van der Waals surface area (Å²) in [5.74, 6) is -0.651. The minimum Gasteiger partial charge on any atom is -0.305 e. The predicted molar refractivity (Wildman–Crippen MR) is 74.2 cm³/mol. The molecule has 22 heavy (non-hydrogen) atoms. The molecule has 1 fully saturated rings. The molecule has 0 aromatic heterocycles. The van der Waals surface area contributed by atoms with Gasteiger partial charge in [-0.15, -0.1) is 0 Å². The van der Waals surface area contributed by atoms with Gasteiger partial charge < -0.3 is 9.05 Å². The number of carbonyl (C=O) groups excluding carboxylic acids is 1. The van der Waals surface area contributed by atoms with Crippen LogP contribution in [-0.4, -0.2) is 19.0 Å². The van der Waals surface area contributed by atoms with Crippen molar-refractivity contribution in [1.29, 1.82) is 0 Å². The van der Waals surface area contributed by atoms with Crippen LogP contribution in [0.2, 0.25) is 0 Å². The van der Waals surface area contributed by atoms with Gasteiger partial charge in [0.2, 0.25) is 0 Å². The normalized spacial score (nSPS) is 19.0. The molecule has 0 radical (unpaired) electrons. The third-order valence-electron chi connectivity index (χ3n) is 3.03. The second-order valence-corrected chi connectivity index (χ2v) is 6.68. The molecule has 1 aromatic carbocycles. The summed E-state index contributed by atoms with van der Waals surface area (Å²) < 4.78 is 61.6. The number of halogens is 3. The van der Waals surface area contributed by atoms with Crippen molar-refractivity contribution in [1.82, 2.24) is 0 Å². The fourth-order valence-electron chi connectivity index (χ4n) is 2.01. The van der Waals surface area contributed by atoms with E-state index in [-0.39, 0.29) is 24.1 Å². The topological polar surface area (TPSA) is 52.6 Å². The largest absolute Gasteiger partial charge is 0.416 e. The van der Waals surface area contributed by atoms with Crippen molar-refractivity contribution in [2.75, 3.05) is 13.2 Å². The average molecular weight is 334 g/mol. The highest BCUT2D eigenvalue weighted by Gasteiger charge is 2.37. The van der Waals surface area contributed by atoms with Gasteiger partial charge in [0.05, 0.1) is 18.8 Å². The molecule has 2 rings (SSSR count). The number of hydrogen-bond acceptors (Lipinski definition) is 4. The van der Waals surface area contributed by atoms with E-state index in [2.05, 4.69) is 0 Å². The van der Waals surface area contributed by atoms with Crippen molar-refractivity contribution in [3.63, 3.8) is 0 Å². The molecule has 1 aliphatic rings. The van der Waals surface area contributed by atoms with Crippen molar-refractivity contribution in [3.05, 3.63) is 40.7 Å². The second-order valence-electron chi connectivity index (χ2n) is 4.69. The Morgan fingerprint density at radius 3 is 2.36 bits per heavy atom. The maximum Gasteiger partial charge on any atom is 0.416 e. The van der Waals surface area contributed by atoms with Crippen LogP contribution in [0, 0.1) is 0 Å². The number of Topliss-reactive ketones (excluding diaryl/α,β-unsaturated/α-hetero) is 1. The Morgan fingerprint density at radius 2 is 1.82 bits per heavy atom. The molecule has 0 N–H and O–H groups in total. The van der Waals surface area contributed by atoms with Gasteiger partial charge in [0.15, 0.2) is 5.78 Å². The lowest BCUT2D eigenvalue weighted by Crippen LogP contribution is -2.13. The van der Waals surface area contributed by atoms with E-state index >= 15 is 0 Å². The first kappa shape index (κ1) is 16.9. The molecule has 1 saturated heterocycles. The van der Waals surface area contributed by atoms with Crippen molar-refractivity contribution >= 4 is 19.5 Å². The van der Waals surface area contributed by atoms with Gasteiger partial charge in [-0.3, -0.25) is 9.36 Å². The molecule has 1 heterocycles. The Kier molecular flexibility index (Phi) is 4.90. The van der Waals surface area contributed by atoms with E-state index in [1.54, 1.807) is 0 Å². The highest BCUT2D eigenvalue weighted by atomic mass is 31.2. The lowest BCUT2D eigenvalue weighted by atomic mass is 10.1. The first-order valence-electron chi connectivity index (χ1n) is 6.52. The molecule has 1 aliphatic heterocycles. The van der Waals surface area contributed by atoms with Crippen molar-refractivity contribution in [3.8, 4) is 0 Å². The van der Waals surface area contributed by atoms with E-state index < -0.39 is 25.1 Å². The van der Waals surface area contributed by atoms with E-state index in [0.717, 1.165) is 19.1 Å². The third-order valence-corrected chi connectivity index (χ3v) is 5.10. The van der Waals surface area contributed by atoms with Gasteiger partial charge in [0.1, 0.15) is 5.31 Å². The van der Waals surface area contributed by atoms with Crippen LogP contribution in [0.25, 0.3) is 6.08 Å². The lowest BCUT2D eigenvalue weighted by molar-refractivity contribution is -0.137. The molecule has 0 unspecified atom stereocenters. The van der Waals surface area contributed by atoms with Crippen molar-refractivity contribution < 1.29 is 31.6 Å². The first-order chi connectivity index (χ1) is 10.2. The number of benzene rings is 1. The minimum absolute atomic E-state index is 0.128. The zero-order valence-corrected chi connectivity index (χ0v) is 12.6. The fraction of sp³-hybridized carbons (Fsp3) is 0.357. The van der Waals surface area contributed by atoms with Crippen LogP contribution in [0.5, 0.6) is 0 Å². The second kappa shape index (κ2) is 6.36. The van der Waals surface area contributed by atoms with Gasteiger partial charge >= 0.3 is 13.8 Å². The summed E-state index contributed by atoms with van der Waals surface area (Å²) in [6, 6.07) is 4.73. The monoisotopic (exact) mass is 334 g/mol. The number of alkyl halides is 3. The Labute approximate surface area is 125 Å². The van der Waals surface area contributed by atoms with Crippen LogP contribution < -0.4 is 0 Å². The quantitative estimate of drug-likeness (QED) is 0.612. The summed E-state index contributed by atoms with van der Waals surface area (Å²) in [7, 11) is -3.87. The number of rotatable bonds is 3. The zero-order chi connectivity index (χ0) is 16.4. The average Bonchev–Trinajstić information content (AvgIpc) is 2.44. The molecule has 0 spiro atoms. The number of carbonyl (C=O) groups is 1. The van der Waals surface area contributed by atoms with Crippen LogP contribution >= 0.6 is 7.60 Å². The van der Waals surface area contributed by atoms with E-state index in [0.29, 0.717) is 6.42 Å². The SMILES string of the molecule is CC(=O)C(=Cc1ccccc1C(F)(F)F)P1(=O)OCCCO1. The van der Waals surface area contributed by atoms with Gasteiger partial charge in [-0.05, 0) is 31.1 Å². The van der Waals surface area contributed by atoms with E-state index in [1.807, 2.05) is 0 Å². The summed E-state index contributed by atoms with van der Waals surface area (Å²) in [6.07, 6.45) is -3.14.